The molecule has 0 unspecified atom stereocenters. The van der Waals surface area contributed by atoms with Gasteiger partial charge in [0.1, 0.15) is 17.3 Å². The Morgan fingerprint density at radius 2 is 2.11 bits per heavy atom. The fourth-order valence-electron chi connectivity index (χ4n) is 3.49. The first-order valence-corrected chi connectivity index (χ1v) is 9.06. The smallest absolute Gasteiger partial charge is 0.274 e. The summed E-state index contributed by atoms with van der Waals surface area (Å²) in [5.41, 5.74) is 2.50. The van der Waals surface area contributed by atoms with Gasteiger partial charge in [0, 0.05) is 31.7 Å². The molecule has 1 aliphatic heterocycles. The van der Waals surface area contributed by atoms with Gasteiger partial charge in [-0.3, -0.25) is 4.79 Å². The lowest BCUT2D eigenvalue weighted by atomic mass is 10.1. The fourth-order valence-corrected chi connectivity index (χ4v) is 3.49. The third kappa shape index (κ3) is 3.67. The number of aryl methyl sites for hydroxylation is 2. The Bertz CT molecular complexity index is 966. The molecule has 0 saturated carbocycles. The molecule has 0 aliphatic carbocycles. The largest absolute Gasteiger partial charge is 0.340 e. The average molecular weight is 362 g/mol. The Morgan fingerprint density at radius 3 is 2.89 bits per heavy atom. The molecule has 0 aromatic carbocycles. The lowest BCUT2D eigenvalue weighted by molar-refractivity contribution is 0.0730. The molecule has 7 nitrogen and oxygen atoms in total. The molecule has 3 aromatic rings. The van der Waals surface area contributed by atoms with Crippen LogP contribution >= 0.6 is 0 Å². The molecular weight excluding hydrogens is 340 g/mol. The first-order chi connectivity index (χ1) is 13.1. The number of pyridine rings is 2. The summed E-state index contributed by atoms with van der Waals surface area (Å²) in [5.74, 6) is 1.46. The fraction of sp³-hybridized carbons (Fsp3) is 0.300. The molecular formula is C20H22N6O. The van der Waals surface area contributed by atoms with Crippen molar-refractivity contribution < 1.29 is 4.79 Å². The average Bonchev–Trinajstić information content (AvgIpc) is 3.30. The zero-order valence-electron chi connectivity index (χ0n) is 15.5. The summed E-state index contributed by atoms with van der Waals surface area (Å²) in [6.45, 7) is 2.69. The van der Waals surface area contributed by atoms with E-state index in [1.165, 1.54) is 0 Å². The number of carbonyl (C=O) groups is 1. The summed E-state index contributed by atoms with van der Waals surface area (Å²) in [7, 11) is 1.87. The van der Waals surface area contributed by atoms with Crippen molar-refractivity contribution in [2.45, 2.75) is 25.8 Å². The van der Waals surface area contributed by atoms with Crippen LogP contribution in [0, 0.1) is 6.92 Å². The lowest BCUT2D eigenvalue weighted by Gasteiger charge is -2.24. The Labute approximate surface area is 158 Å². The van der Waals surface area contributed by atoms with Gasteiger partial charge in [-0.05, 0) is 49.6 Å². The van der Waals surface area contributed by atoms with Crippen LogP contribution in [0.25, 0.3) is 0 Å². The molecule has 1 fully saturated rings. The summed E-state index contributed by atoms with van der Waals surface area (Å²) < 4.78 is 1.79. The highest BCUT2D eigenvalue weighted by Crippen LogP contribution is 2.33. The van der Waals surface area contributed by atoms with Crippen LogP contribution in [0.1, 0.15) is 40.6 Å². The van der Waals surface area contributed by atoms with Crippen LogP contribution in [0.4, 0.5) is 11.6 Å². The number of hydrogen-bond donors (Lipinski definition) is 1. The molecule has 4 heterocycles. The van der Waals surface area contributed by atoms with Crippen molar-refractivity contribution >= 4 is 17.5 Å². The monoisotopic (exact) mass is 362 g/mol. The van der Waals surface area contributed by atoms with Gasteiger partial charge in [0.25, 0.3) is 5.91 Å². The van der Waals surface area contributed by atoms with Crippen LogP contribution in [0.2, 0.25) is 0 Å². The molecule has 1 atom stereocenters. The number of aromatic nitrogens is 4. The number of rotatable bonds is 4. The van der Waals surface area contributed by atoms with E-state index in [0.717, 1.165) is 42.3 Å². The molecule has 1 aliphatic rings. The van der Waals surface area contributed by atoms with Crippen LogP contribution < -0.4 is 5.32 Å². The van der Waals surface area contributed by atoms with Gasteiger partial charge >= 0.3 is 0 Å². The standard InChI is InChI=1S/C20H22N6O/c1-14-5-3-7-18(23-14)24-19-11-15(8-9-21-19)17-6-4-10-26(17)20(27)16-12-25(2)13-22-16/h3,5,7-9,11-13,17H,4,6,10H2,1-2H3,(H,21,23,24)/t17-/m0/s1. The quantitative estimate of drug-likeness (QED) is 0.771. The molecule has 0 spiro atoms. The Morgan fingerprint density at radius 1 is 1.22 bits per heavy atom. The van der Waals surface area contributed by atoms with Gasteiger partial charge in [-0.1, -0.05) is 6.07 Å². The van der Waals surface area contributed by atoms with E-state index in [1.807, 2.05) is 49.2 Å². The van der Waals surface area contributed by atoms with Crippen molar-refractivity contribution in [3.8, 4) is 0 Å². The molecule has 3 aromatic heterocycles. The Balaban J connectivity index is 1.56. The summed E-state index contributed by atoms with van der Waals surface area (Å²) in [4.78, 5) is 27.8. The normalized spacial score (nSPS) is 16.5. The van der Waals surface area contributed by atoms with Crippen LogP contribution in [-0.4, -0.2) is 36.9 Å². The highest BCUT2D eigenvalue weighted by atomic mass is 16.2. The van der Waals surface area contributed by atoms with Gasteiger partial charge in [0.15, 0.2) is 0 Å². The van der Waals surface area contributed by atoms with Crippen molar-refractivity contribution in [3.05, 3.63) is 66.0 Å². The second-order valence-electron chi connectivity index (χ2n) is 6.84. The van der Waals surface area contributed by atoms with Gasteiger partial charge in [0.05, 0.1) is 12.4 Å². The van der Waals surface area contributed by atoms with Crippen molar-refractivity contribution in [3.63, 3.8) is 0 Å². The zero-order chi connectivity index (χ0) is 18.8. The summed E-state index contributed by atoms with van der Waals surface area (Å²) in [6, 6.07) is 9.83. The zero-order valence-corrected chi connectivity index (χ0v) is 15.5. The summed E-state index contributed by atoms with van der Waals surface area (Å²) in [5, 5.41) is 3.25. The van der Waals surface area contributed by atoms with Crippen molar-refractivity contribution in [1.29, 1.82) is 0 Å². The molecule has 7 heteroatoms. The Kier molecular flexibility index (Phi) is 4.58. The third-order valence-corrected chi connectivity index (χ3v) is 4.75. The molecule has 4 rings (SSSR count). The molecule has 27 heavy (non-hydrogen) atoms. The number of likely N-dealkylation sites (tertiary alicyclic amines) is 1. The van der Waals surface area contributed by atoms with E-state index in [1.54, 1.807) is 23.3 Å². The summed E-state index contributed by atoms with van der Waals surface area (Å²) >= 11 is 0. The van der Waals surface area contributed by atoms with Crippen LogP contribution in [0.15, 0.2) is 49.1 Å². The molecule has 1 amide bonds. The number of nitrogens with one attached hydrogen (secondary N) is 1. The highest BCUT2D eigenvalue weighted by Gasteiger charge is 2.31. The van der Waals surface area contributed by atoms with Crippen molar-refractivity contribution in [2.75, 3.05) is 11.9 Å². The molecule has 1 N–H and O–H groups in total. The van der Waals surface area contributed by atoms with Crippen molar-refractivity contribution in [1.82, 2.24) is 24.4 Å². The topological polar surface area (TPSA) is 75.9 Å². The van der Waals surface area contributed by atoms with Crippen LogP contribution in [-0.2, 0) is 7.05 Å². The van der Waals surface area contributed by atoms with E-state index in [4.69, 9.17) is 0 Å². The minimum Gasteiger partial charge on any atom is -0.340 e. The van der Waals surface area contributed by atoms with Gasteiger partial charge < -0.3 is 14.8 Å². The van der Waals surface area contributed by atoms with E-state index < -0.39 is 0 Å². The van der Waals surface area contributed by atoms with Gasteiger partial charge in [-0.25, -0.2) is 15.0 Å². The van der Waals surface area contributed by atoms with Crippen LogP contribution in [0.5, 0.6) is 0 Å². The van der Waals surface area contributed by atoms with E-state index in [0.29, 0.717) is 5.69 Å². The number of carbonyl (C=O) groups excluding carboxylic acids is 1. The number of anilines is 2. The second-order valence-corrected chi connectivity index (χ2v) is 6.84. The maximum absolute atomic E-state index is 12.9. The van der Waals surface area contributed by atoms with Crippen LogP contribution in [0.3, 0.4) is 0 Å². The predicted molar refractivity (Wildman–Crippen MR) is 103 cm³/mol. The van der Waals surface area contributed by atoms with E-state index in [9.17, 15) is 4.79 Å². The van der Waals surface area contributed by atoms with E-state index >= 15 is 0 Å². The van der Waals surface area contributed by atoms with Crippen molar-refractivity contribution in [2.24, 2.45) is 7.05 Å². The van der Waals surface area contributed by atoms with Gasteiger partial charge in [-0.15, -0.1) is 0 Å². The molecule has 0 bridgehead atoms. The minimum atomic E-state index is -0.0234. The lowest BCUT2D eigenvalue weighted by Crippen LogP contribution is -2.30. The number of amides is 1. The van der Waals surface area contributed by atoms with E-state index in [-0.39, 0.29) is 11.9 Å². The SMILES string of the molecule is Cc1cccc(Nc2cc([C@@H]3CCCN3C(=O)c3cn(C)cn3)ccn2)n1. The van der Waals surface area contributed by atoms with Gasteiger partial charge in [0.2, 0.25) is 0 Å². The molecule has 1 saturated heterocycles. The first-order valence-electron chi connectivity index (χ1n) is 9.06. The molecule has 138 valence electrons. The number of nitrogens with zero attached hydrogens (tertiary/aromatic N) is 5. The highest BCUT2D eigenvalue weighted by molar-refractivity contribution is 5.92. The van der Waals surface area contributed by atoms with E-state index in [2.05, 4.69) is 20.3 Å². The molecule has 0 radical (unpaired) electrons. The second kappa shape index (κ2) is 7.19. The minimum absolute atomic E-state index is 0.0234. The summed E-state index contributed by atoms with van der Waals surface area (Å²) in [6.07, 6.45) is 7.11. The van der Waals surface area contributed by atoms with Gasteiger partial charge in [-0.2, -0.15) is 0 Å². The maximum atomic E-state index is 12.9. The number of imidazole rings is 1. The number of hydrogen-bond acceptors (Lipinski definition) is 5. The predicted octanol–water partition coefficient (Wildman–Crippen LogP) is 3.24. The Hall–Kier alpha value is -3.22. The third-order valence-electron chi connectivity index (χ3n) is 4.75. The maximum Gasteiger partial charge on any atom is 0.274 e. The first kappa shape index (κ1) is 17.2.